The Kier molecular flexibility index (Phi) is 4.47. The SMILES string of the molecule is Cc1noc(C23CC(C[C@@H](C)C2)N3C(=O)Nc2ccc(Cl)c(-c3ncccn3)c2)n1. The summed E-state index contributed by atoms with van der Waals surface area (Å²) >= 11 is 6.34. The number of likely N-dealkylation sites (tertiary alicyclic amines) is 1. The van der Waals surface area contributed by atoms with Crippen LogP contribution in [0.1, 0.15) is 37.9 Å². The first kappa shape index (κ1) is 19.0. The highest BCUT2D eigenvalue weighted by molar-refractivity contribution is 6.33. The van der Waals surface area contributed by atoms with Gasteiger partial charge in [0, 0.05) is 36.1 Å². The van der Waals surface area contributed by atoms with Gasteiger partial charge in [0.05, 0.1) is 5.02 Å². The molecule has 3 aromatic rings. The molecular weight excluding hydrogens is 404 g/mol. The Balaban J connectivity index is 1.43. The summed E-state index contributed by atoms with van der Waals surface area (Å²) in [5.74, 6) is 2.09. The molecule has 2 aromatic heterocycles. The van der Waals surface area contributed by atoms with E-state index in [1.807, 2.05) is 4.90 Å². The fourth-order valence-corrected chi connectivity index (χ4v) is 5.03. The van der Waals surface area contributed by atoms with Gasteiger partial charge in [0.2, 0.25) is 0 Å². The number of hydrogen-bond donors (Lipinski definition) is 1. The van der Waals surface area contributed by atoms with Crippen LogP contribution < -0.4 is 5.32 Å². The van der Waals surface area contributed by atoms with E-state index < -0.39 is 5.54 Å². The highest BCUT2D eigenvalue weighted by Crippen LogP contribution is 2.55. The molecule has 2 bridgehead atoms. The lowest BCUT2D eigenvalue weighted by Gasteiger charge is -2.61. The molecule has 1 aliphatic heterocycles. The van der Waals surface area contributed by atoms with E-state index >= 15 is 0 Å². The predicted octanol–water partition coefficient (Wildman–Crippen LogP) is 4.42. The molecule has 5 rings (SSSR count). The number of piperidine rings is 1. The Labute approximate surface area is 178 Å². The van der Waals surface area contributed by atoms with Crippen molar-refractivity contribution in [2.45, 2.75) is 44.7 Å². The molecule has 0 spiro atoms. The first-order valence-corrected chi connectivity index (χ1v) is 10.3. The van der Waals surface area contributed by atoms with E-state index in [1.165, 1.54) is 0 Å². The van der Waals surface area contributed by atoms with Crippen LogP contribution in [-0.2, 0) is 5.54 Å². The minimum absolute atomic E-state index is 0.158. The van der Waals surface area contributed by atoms with E-state index in [0.717, 1.165) is 19.3 Å². The maximum Gasteiger partial charge on any atom is 0.323 e. The van der Waals surface area contributed by atoms with Crippen molar-refractivity contribution in [1.82, 2.24) is 25.0 Å². The number of carbonyl (C=O) groups is 1. The van der Waals surface area contributed by atoms with Crippen molar-refractivity contribution in [3.63, 3.8) is 0 Å². The van der Waals surface area contributed by atoms with Crippen LogP contribution in [0.25, 0.3) is 11.4 Å². The second-order valence-corrected chi connectivity index (χ2v) is 8.56. The third-order valence-electron chi connectivity index (χ3n) is 5.93. The van der Waals surface area contributed by atoms with Crippen LogP contribution in [0.4, 0.5) is 10.5 Å². The lowest BCUT2D eigenvalue weighted by atomic mass is 9.64. The predicted molar refractivity (Wildman–Crippen MR) is 111 cm³/mol. The highest BCUT2D eigenvalue weighted by atomic mass is 35.5. The van der Waals surface area contributed by atoms with Gasteiger partial charge in [-0.05, 0) is 49.9 Å². The van der Waals surface area contributed by atoms with Gasteiger partial charge in [-0.15, -0.1) is 0 Å². The lowest BCUT2D eigenvalue weighted by molar-refractivity contribution is -0.111. The molecule has 2 aliphatic rings. The van der Waals surface area contributed by atoms with Crippen molar-refractivity contribution in [3.8, 4) is 11.4 Å². The van der Waals surface area contributed by atoms with Gasteiger partial charge < -0.3 is 14.7 Å². The zero-order valence-electron chi connectivity index (χ0n) is 16.7. The summed E-state index contributed by atoms with van der Waals surface area (Å²) < 4.78 is 5.50. The van der Waals surface area contributed by atoms with Crippen LogP contribution in [0.3, 0.4) is 0 Å². The summed E-state index contributed by atoms with van der Waals surface area (Å²) in [4.78, 5) is 28.1. The Morgan fingerprint density at radius 2 is 2.10 bits per heavy atom. The molecule has 1 N–H and O–H groups in total. The van der Waals surface area contributed by atoms with E-state index in [9.17, 15) is 4.79 Å². The standard InChI is InChI=1S/C21H21ClN6O2/c1-12-8-15-11-21(10-12,19-25-13(2)27-30-19)28(15)20(29)26-14-4-5-17(22)16(9-14)18-23-6-3-7-24-18/h3-7,9,12,15H,8,10-11H2,1-2H3,(H,26,29)/t12-,15?,21?/m1/s1. The molecule has 8 nitrogen and oxygen atoms in total. The number of nitrogens with zero attached hydrogens (tertiary/aromatic N) is 5. The van der Waals surface area contributed by atoms with Gasteiger partial charge in [0.15, 0.2) is 11.6 Å². The molecule has 154 valence electrons. The molecule has 0 radical (unpaired) electrons. The van der Waals surface area contributed by atoms with Crippen LogP contribution >= 0.6 is 11.6 Å². The quantitative estimate of drug-likeness (QED) is 0.668. The highest BCUT2D eigenvalue weighted by Gasteiger charge is 2.62. The van der Waals surface area contributed by atoms with Crippen LogP contribution in [0, 0.1) is 12.8 Å². The number of nitrogens with one attached hydrogen (secondary N) is 1. The molecule has 3 atom stereocenters. The topological polar surface area (TPSA) is 97.0 Å². The molecular formula is C21H21ClN6O2. The molecule has 1 saturated carbocycles. The lowest BCUT2D eigenvalue weighted by Crippen LogP contribution is -2.70. The van der Waals surface area contributed by atoms with Gasteiger partial charge in [-0.1, -0.05) is 23.7 Å². The third-order valence-corrected chi connectivity index (χ3v) is 6.26. The van der Waals surface area contributed by atoms with E-state index in [2.05, 4.69) is 32.3 Å². The number of halogens is 1. The smallest absolute Gasteiger partial charge is 0.323 e. The molecule has 3 heterocycles. The number of urea groups is 1. The van der Waals surface area contributed by atoms with Crippen molar-refractivity contribution < 1.29 is 9.32 Å². The summed E-state index contributed by atoms with van der Waals surface area (Å²) in [6.45, 7) is 3.99. The van der Waals surface area contributed by atoms with E-state index in [0.29, 0.717) is 39.7 Å². The summed E-state index contributed by atoms with van der Waals surface area (Å²) in [6, 6.07) is 7.01. The maximum atomic E-state index is 13.3. The first-order valence-electron chi connectivity index (χ1n) is 9.94. The Morgan fingerprint density at radius 1 is 1.30 bits per heavy atom. The summed E-state index contributed by atoms with van der Waals surface area (Å²) in [6.07, 6.45) is 5.93. The maximum absolute atomic E-state index is 13.3. The molecule has 2 amide bonds. The summed E-state index contributed by atoms with van der Waals surface area (Å²) in [7, 11) is 0. The number of aryl methyl sites for hydroxylation is 1. The average molecular weight is 425 g/mol. The second kappa shape index (κ2) is 7.05. The number of anilines is 1. The first-order chi connectivity index (χ1) is 14.5. The number of benzene rings is 1. The van der Waals surface area contributed by atoms with Gasteiger partial charge in [-0.3, -0.25) is 0 Å². The Bertz CT molecular complexity index is 1100. The van der Waals surface area contributed by atoms with Gasteiger partial charge in [0.25, 0.3) is 5.89 Å². The number of carbonyl (C=O) groups excluding carboxylic acids is 1. The van der Waals surface area contributed by atoms with Crippen molar-refractivity contribution in [1.29, 1.82) is 0 Å². The number of amides is 2. The second-order valence-electron chi connectivity index (χ2n) is 8.15. The zero-order valence-corrected chi connectivity index (χ0v) is 17.4. The molecule has 1 aromatic carbocycles. The molecule has 1 aliphatic carbocycles. The number of fused-ring (bicyclic) bond motifs is 2. The van der Waals surface area contributed by atoms with E-state index in [4.69, 9.17) is 16.1 Å². The molecule has 2 fully saturated rings. The van der Waals surface area contributed by atoms with Crippen molar-refractivity contribution >= 4 is 23.3 Å². The van der Waals surface area contributed by atoms with Gasteiger partial charge >= 0.3 is 6.03 Å². The zero-order chi connectivity index (χ0) is 20.9. The van der Waals surface area contributed by atoms with Crippen LogP contribution in [0.2, 0.25) is 5.02 Å². The van der Waals surface area contributed by atoms with Crippen LogP contribution in [0.5, 0.6) is 0 Å². The largest absolute Gasteiger partial charge is 0.337 e. The average Bonchev–Trinajstić information content (AvgIpc) is 3.16. The number of rotatable bonds is 3. The van der Waals surface area contributed by atoms with Gasteiger partial charge in [-0.2, -0.15) is 4.98 Å². The van der Waals surface area contributed by atoms with Crippen molar-refractivity contribution in [3.05, 3.63) is 53.4 Å². The molecule has 2 unspecified atom stereocenters. The minimum Gasteiger partial charge on any atom is -0.337 e. The van der Waals surface area contributed by atoms with Crippen LogP contribution in [0.15, 0.2) is 41.2 Å². The Hall–Kier alpha value is -3.00. The van der Waals surface area contributed by atoms with Crippen LogP contribution in [-0.4, -0.2) is 37.1 Å². The molecule has 1 saturated heterocycles. The minimum atomic E-state index is -0.536. The Morgan fingerprint density at radius 3 is 2.83 bits per heavy atom. The van der Waals surface area contributed by atoms with Crippen molar-refractivity contribution in [2.75, 3.05) is 5.32 Å². The van der Waals surface area contributed by atoms with Crippen molar-refractivity contribution in [2.24, 2.45) is 5.92 Å². The van der Waals surface area contributed by atoms with Gasteiger partial charge in [-0.25, -0.2) is 14.8 Å². The summed E-state index contributed by atoms with van der Waals surface area (Å²) in [5.41, 5.74) is 0.752. The monoisotopic (exact) mass is 424 g/mol. The third kappa shape index (κ3) is 3.02. The normalized spacial score (nSPS) is 25.0. The fraction of sp³-hybridized carbons (Fsp3) is 0.381. The van der Waals surface area contributed by atoms with E-state index in [-0.39, 0.29) is 12.1 Å². The summed E-state index contributed by atoms with van der Waals surface area (Å²) in [5, 5.41) is 7.48. The number of aromatic nitrogens is 4. The molecule has 30 heavy (non-hydrogen) atoms. The fourth-order valence-electron chi connectivity index (χ4n) is 4.83. The van der Waals surface area contributed by atoms with Gasteiger partial charge in [0.1, 0.15) is 5.54 Å². The van der Waals surface area contributed by atoms with E-state index in [1.54, 1.807) is 43.6 Å². The number of hydrogen-bond acceptors (Lipinski definition) is 6. The molecule has 9 heteroatoms.